The first-order valence-corrected chi connectivity index (χ1v) is 23.7. The van der Waals surface area contributed by atoms with E-state index in [4.69, 9.17) is 9.47 Å². The Labute approximate surface area is 398 Å². The number of benzene rings is 4. The first-order valence-electron chi connectivity index (χ1n) is 23.7. The minimum Gasteiger partial charge on any atom is -0.508 e. The van der Waals surface area contributed by atoms with Crippen LogP contribution in [-0.2, 0) is 55.5 Å². The lowest BCUT2D eigenvalue weighted by molar-refractivity contribution is -0.131. The van der Waals surface area contributed by atoms with Crippen LogP contribution in [0.3, 0.4) is 0 Å². The third-order valence-electron chi connectivity index (χ3n) is 14.1. The van der Waals surface area contributed by atoms with Crippen molar-refractivity contribution >= 4 is 29.1 Å². The highest BCUT2D eigenvalue weighted by Crippen LogP contribution is 2.38. The van der Waals surface area contributed by atoms with E-state index in [1.54, 1.807) is 23.1 Å². The standard InChI is InChI=1S/C55H59N7O6/c1-6-60-38(4)51(31-45(60)33-56)62(44-13-15-46(63)16-14-44)55(66)48-32-52(57(5)37(48)3)49-29-41-19-20-59(53(64)28-39-11-17-47(18-12-39)68-26-23-58-21-24-67-25-22-58)34-43(41)30-50(49)54(65)61-35-42-10-8-7-9-40(42)27-36(61)2/h7-18,29-32,36,63H,6,19-28,34-35H2,1-5H3/t36-/m1/s1. The Hall–Kier alpha value is -7.14. The van der Waals surface area contributed by atoms with Gasteiger partial charge in [0.1, 0.15) is 29.9 Å². The first-order chi connectivity index (χ1) is 32.9. The van der Waals surface area contributed by atoms with E-state index in [0.717, 1.165) is 73.0 Å². The summed E-state index contributed by atoms with van der Waals surface area (Å²) in [6.45, 7) is 14.5. The highest BCUT2D eigenvalue weighted by Gasteiger charge is 2.34. The second-order valence-corrected chi connectivity index (χ2v) is 18.2. The monoisotopic (exact) mass is 913 g/mol. The van der Waals surface area contributed by atoms with Gasteiger partial charge in [0.05, 0.1) is 30.9 Å². The quantitative estimate of drug-likeness (QED) is 0.130. The molecular weight excluding hydrogens is 855 g/mol. The predicted molar refractivity (Wildman–Crippen MR) is 261 cm³/mol. The van der Waals surface area contributed by atoms with Crippen molar-refractivity contribution < 1.29 is 29.0 Å². The van der Waals surface area contributed by atoms with Crippen molar-refractivity contribution in [3.05, 3.63) is 153 Å². The largest absolute Gasteiger partial charge is 0.508 e. The van der Waals surface area contributed by atoms with E-state index in [-0.39, 0.29) is 35.9 Å². The molecule has 0 spiro atoms. The number of phenols is 1. The zero-order chi connectivity index (χ0) is 47.6. The molecule has 3 aliphatic rings. The number of carbonyl (C=O) groups is 3. The lowest BCUT2D eigenvalue weighted by Crippen LogP contribution is -2.43. The molecule has 1 fully saturated rings. The van der Waals surface area contributed by atoms with Crippen LogP contribution < -0.4 is 9.64 Å². The lowest BCUT2D eigenvalue weighted by Gasteiger charge is -2.36. The molecule has 0 bridgehead atoms. The van der Waals surface area contributed by atoms with E-state index in [0.29, 0.717) is 84.4 Å². The van der Waals surface area contributed by atoms with Crippen LogP contribution in [0.25, 0.3) is 11.3 Å². The maximum absolute atomic E-state index is 15.2. The number of ether oxygens (including phenoxy) is 2. The molecule has 0 aliphatic carbocycles. The molecule has 6 aromatic rings. The number of anilines is 2. The lowest BCUT2D eigenvalue weighted by atomic mass is 9.89. The van der Waals surface area contributed by atoms with Crippen LogP contribution >= 0.6 is 0 Å². The summed E-state index contributed by atoms with van der Waals surface area (Å²) < 4.78 is 15.3. The van der Waals surface area contributed by atoms with Gasteiger partial charge in [-0.2, -0.15) is 5.26 Å². The van der Waals surface area contributed by atoms with Crippen LogP contribution in [0.4, 0.5) is 11.4 Å². The number of aromatic nitrogens is 2. The number of morpholine rings is 1. The molecule has 0 unspecified atom stereocenters. The minimum absolute atomic E-state index is 0.0145. The van der Waals surface area contributed by atoms with Gasteiger partial charge >= 0.3 is 0 Å². The van der Waals surface area contributed by atoms with Gasteiger partial charge in [-0.1, -0.05) is 36.4 Å². The van der Waals surface area contributed by atoms with Crippen LogP contribution in [0.1, 0.15) is 79.5 Å². The number of amides is 3. The van der Waals surface area contributed by atoms with Gasteiger partial charge < -0.3 is 33.5 Å². The number of rotatable bonds is 12. The van der Waals surface area contributed by atoms with Crippen LogP contribution in [0.2, 0.25) is 0 Å². The van der Waals surface area contributed by atoms with Gasteiger partial charge in [0, 0.05) is 92.8 Å². The maximum Gasteiger partial charge on any atom is 0.264 e. The summed E-state index contributed by atoms with van der Waals surface area (Å²) in [5, 5.41) is 20.3. The van der Waals surface area contributed by atoms with Gasteiger partial charge in [0.15, 0.2) is 0 Å². The summed E-state index contributed by atoms with van der Waals surface area (Å²) in [6, 6.07) is 32.4. The molecule has 350 valence electrons. The summed E-state index contributed by atoms with van der Waals surface area (Å²) in [5.74, 6) is 0.425. The zero-order valence-corrected chi connectivity index (χ0v) is 39.6. The molecule has 3 aliphatic heterocycles. The molecular formula is C55H59N7O6. The Balaban J connectivity index is 1.03. The molecule has 68 heavy (non-hydrogen) atoms. The fourth-order valence-corrected chi connectivity index (χ4v) is 10.0. The van der Waals surface area contributed by atoms with Crippen LogP contribution in [-0.4, -0.2) is 98.7 Å². The van der Waals surface area contributed by atoms with E-state index in [2.05, 4.69) is 36.1 Å². The number of aromatic hydroxyl groups is 1. The molecule has 3 amide bonds. The van der Waals surface area contributed by atoms with Crippen molar-refractivity contribution in [1.82, 2.24) is 23.8 Å². The number of nitrogens with zero attached hydrogens (tertiary/aromatic N) is 7. The molecule has 1 atom stereocenters. The summed E-state index contributed by atoms with van der Waals surface area (Å²) in [4.78, 5) is 52.0. The zero-order valence-electron chi connectivity index (χ0n) is 39.6. The van der Waals surface area contributed by atoms with E-state index in [9.17, 15) is 15.2 Å². The summed E-state index contributed by atoms with van der Waals surface area (Å²) in [6.07, 6.45) is 1.58. The molecule has 13 nitrogen and oxygen atoms in total. The van der Waals surface area contributed by atoms with Gasteiger partial charge in [-0.05, 0) is 129 Å². The Morgan fingerprint density at radius 3 is 2.29 bits per heavy atom. The van der Waals surface area contributed by atoms with Gasteiger partial charge in [-0.3, -0.25) is 24.2 Å². The number of hydrogen-bond donors (Lipinski definition) is 1. The number of nitriles is 1. The Bertz CT molecular complexity index is 2900. The van der Waals surface area contributed by atoms with E-state index in [1.807, 2.05) is 95.3 Å². The number of carbonyl (C=O) groups excluding carboxylic acids is 3. The second-order valence-electron chi connectivity index (χ2n) is 18.2. The van der Waals surface area contributed by atoms with Gasteiger partial charge in [-0.15, -0.1) is 0 Å². The SMILES string of the molecule is CCn1c(C#N)cc(N(C(=O)c2cc(-c3cc4c(cc3C(=O)N3Cc5ccccc5C[C@H]3C)CN(C(=O)Cc3ccc(OCCN5CCOCC5)cc3)CC4)n(C)c2C)c2ccc(O)cc2)c1C. The maximum atomic E-state index is 15.2. The van der Waals surface area contributed by atoms with Gasteiger partial charge in [0.2, 0.25) is 5.91 Å². The molecule has 9 rings (SSSR count). The Morgan fingerprint density at radius 1 is 0.853 bits per heavy atom. The topological polar surface area (TPSA) is 137 Å². The minimum atomic E-state index is -0.317. The molecule has 13 heteroatoms. The predicted octanol–water partition coefficient (Wildman–Crippen LogP) is 8.11. The van der Waals surface area contributed by atoms with Gasteiger partial charge in [0.25, 0.3) is 11.8 Å². The van der Waals surface area contributed by atoms with Crippen molar-refractivity contribution in [2.24, 2.45) is 7.05 Å². The first kappa shape index (κ1) is 46.0. The van der Waals surface area contributed by atoms with Crippen molar-refractivity contribution in [3.63, 3.8) is 0 Å². The average molecular weight is 914 g/mol. The molecule has 1 N–H and O–H groups in total. The highest BCUT2D eigenvalue weighted by molar-refractivity contribution is 6.13. The van der Waals surface area contributed by atoms with E-state index in [1.165, 1.54) is 17.7 Å². The second kappa shape index (κ2) is 19.6. The van der Waals surface area contributed by atoms with Gasteiger partial charge in [-0.25, -0.2) is 0 Å². The Morgan fingerprint density at radius 2 is 1.59 bits per heavy atom. The summed E-state index contributed by atoms with van der Waals surface area (Å²) in [7, 11) is 1.91. The molecule has 0 radical (unpaired) electrons. The molecule has 0 saturated carbocycles. The number of phenolic OH excluding ortho intramolecular Hbond substituents is 1. The summed E-state index contributed by atoms with van der Waals surface area (Å²) in [5.41, 5.74) is 10.6. The molecule has 1 saturated heterocycles. The average Bonchev–Trinajstić information content (AvgIpc) is 3.84. The van der Waals surface area contributed by atoms with Crippen LogP contribution in [0.15, 0.2) is 97.1 Å². The third-order valence-corrected chi connectivity index (χ3v) is 14.1. The third kappa shape index (κ3) is 9.14. The molecule has 2 aromatic heterocycles. The van der Waals surface area contributed by atoms with Crippen LogP contribution in [0.5, 0.6) is 11.5 Å². The molecule has 4 aromatic carbocycles. The fourth-order valence-electron chi connectivity index (χ4n) is 10.0. The van der Waals surface area contributed by atoms with Crippen molar-refractivity contribution in [2.75, 3.05) is 50.9 Å². The fraction of sp³-hybridized carbons (Fsp3) is 0.345. The smallest absolute Gasteiger partial charge is 0.264 e. The van der Waals surface area contributed by atoms with Crippen molar-refractivity contribution in [2.45, 2.75) is 72.6 Å². The van der Waals surface area contributed by atoms with Crippen LogP contribution in [0, 0.1) is 25.2 Å². The number of hydrogen-bond acceptors (Lipinski definition) is 8. The summed E-state index contributed by atoms with van der Waals surface area (Å²) >= 11 is 0. The van der Waals surface area contributed by atoms with E-state index >= 15 is 9.59 Å². The van der Waals surface area contributed by atoms with Crippen molar-refractivity contribution in [3.8, 4) is 28.8 Å². The highest BCUT2D eigenvalue weighted by atomic mass is 16.5. The van der Waals surface area contributed by atoms with E-state index < -0.39 is 0 Å². The Kier molecular flexibility index (Phi) is 13.3. The molecule has 5 heterocycles. The number of fused-ring (bicyclic) bond motifs is 2. The van der Waals surface area contributed by atoms with Crippen molar-refractivity contribution in [1.29, 1.82) is 5.26 Å². The normalized spacial score (nSPS) is 15.9.